The molecule has 0 aliphatic carbocycles. The molecule has 1 saturated heterocycles. The Labute approximate surface area is 129 Å². The molecule has 2 unspecified atom stereocenters. The topological polar surface area (TPSA) is 89.5 Å². The minimum atomic E-state index is -2.51. The molecule has 0 bridgehead atoms. The molecule has 21 heavy (non-hydrogen) atoms. The number of hydrogen-bond donors (Lipinski definition) is 1. The Kier molecular flexibility index (Phi) is 6.73. The zero-order chi connectivity index (χ0) is 16.0. The van der Waals surface area contributed by atoms with E-state index in [1.165, 1.54) is 31.2 Å². The summed E-state index contributed by atoms with van der Waals surface area (Å²) in [5.41, 5.74) is 0.302. The lowest BCUT2D eigenvalue weighted by atomic mass is 10.3. The maximum atomic E-state index is 12.5. The zero-order valence-corrected chi connectivity index (χ0v) is 13.2. The van der Waals surface area contributed by atoms with Gasteiger partial charge in [-0.25, -0.2) is 0 Å². The van der Waals surface area contributed by atoms with Crippen LogP contribution in [0.15, 0.2) is 48.1 Å². The molecule has 3 atom stereocenters. The smallest absolute Gasteiger partial charge is 0.216 e. The summed E-state index contributed by atoms with van der Waals surface area (Å²) in [6, 6.07) is 0. The second-order valence-corrected chi connectivity index (χ2v) is 6.77. The molecule has 1 fully saturated rings. The van der Waals surface area contributed by atoms with Gasteiger partial charge in [0.2, 0.25) is 5.91 Å². The predicted molar refractivity (Wildman–Crippen MR) is 82.8 cm³/mol. The summed E-state index contributed by atoms with van der Waals surface area (Å²) in [6.07, 6.45) is 5.86. The average molecular weight is 329 g/mol. The highest BCUT2D eigenvalue weighted by atomic mass is 32.2. The quantitative estimate of drug-likeness (QED) is 0.743. The van der Waals surface area contributed by atoms with E-state index in [1.54, 1.807) is 0 Å². The second kappa shape index (κ2) is 8.06. The van der Waals surface area contributed by atoms with E-state index in [4.69, 9.17) is 0 Å². The van der Waals surface area contributed by atoms with Gasteiger partial charge in [0.15, 0.2) is 0 Å². The number of nitrogens with one attached hydrogen (secondary N) is 1. The van der Waals surface area contributed by atoms with Gasteiger partial charge in [-0.15, -0.1) is 0 Å². The molecule has 1 rings (SSSR count). The van der Waals surface area contributed by atoms with Crippen molar-refractivity contribution in [2.75, 3.05) is 13.1 Å². The van der Waals surface area contributed by atoms with Crippen LogP contribution in [0, 0.1) is 0 Å². The molecule has 1 aliphatic rings. The third-order valence-electron chi connectivity index (χ3n) is 2.71. The molecule has 0 saturated carbocycles. The van der Waals surface area contributed by atoms with E-state index >= 15 is 0 Å². The summed E-state index contributed by atoms with van der Waals surface area (Å²) in [7, 11) is -1.46. The van der Waals surface area contributed by atoms with Crippen LogP contribution in [0.1, 0.15) is 6.92 Å². The fourth-order valence-corrected chi connectivity index (χ4v) is 4.10. The number of carbonyl (C=O) groups is 1. The monoisotopic (exact) mass is 329 g/mol. The van der Waals surface area contributed by atoms with Crippen molar-refractivity contribution >= 4 is 28.0 Å². The van der Waals surface area contributed by atoms with Crippen molar-refractivity contribution in [3.8, 4) is 0 Å². The molecule has 1 amide bonds. The van der Waals surface area contributed by atoms with Gasteiger partial charge in [-0.1, -0.05) is 25.3 Å². The molecule has 116 valence electrons. The summed E-state index contributed by atoms with van der Waals surface area (Å²) in [6.45, 7) is 8.58. The Morgan fingerprint density at radius 2 is 2.14 bits per heavy atom. The van der Waals surface area contributed by atoms with Gasteiger partial charge in [0, 0.05) is 31.3 Å². The molecule has 0 aromatic carbocycles. The van der Waals surface area contributed by atoms with Crippen molar-refractivity contribution in [1.82, 2.24) is 9.62 Å². The minimum Gasteiger partial charge on any atom is -0.755 e. The molecule has 1 heterocycles. The number of nitrogens with zero attached hydrogens (tertiary/aromatic N) is 1. The standard InChI is InChI=1S/C13H18N2O4S2/c1-4-6-12-13(7-5-2)20(17)11(8-14-10(3)16)9-15(12)21(18)19/h4-7,11H,1-2,8-9H2,3H3,(H,14,16)(H,18,19)/p-1/b12-6?,13-7+/t11-,20?/m0/s1. The Morgan fingerprint density at radius 1 is 1.52 bits per heavy atom. The predicted octanol–water partition coefficient (Wildman–Crippen LogP) is 0.489. The highest BCUT2D eigenvalue weighted by molar-refractivity contribution is 7.90. The number of carbonyl (C=O) groups excluding carboxylic acids is 1. The largest absolute Gasteiger partial charge is 0.755 e. The second-order valence-electron chi connectivity index (χ2n) is 4.19. The van der Waals surface area contributed by atoms with Gasteiger partial charge in [-0.05, 0) is 12.2 Å². The van der Waals surface area contributed by atoms with Crippen LogP contribution < -0.4 is 5.32 Å². The van der Waals surface area contributed by atoms with E-state index in [9.17, 15) is 17.8 Å². The Morgan fingerprint density at radius 3 is 2.62 bits per heavy atom. The maximum Gasteiger partial charge on any atom is 0.216 e. The van der Waals surface area contributed by atoms with E-state index in [0.29, 0.717) is 10.6 Å². The molecule has 6 nitrogen and oxygen atoms in total. The molecule has 1 aliphatic heterocycles. The molecular formula is C13H17N2O4S2-. The van der Waals surface area contributed by atoms with Crippen molar-refractivity contribution in [3.05, 3.63) is 48.1 Å². The third-order valence-corrected chi connectivity index (χ3v) is 5.12. The minimum absolute atomic E-state index is 0.0250. The van der Waals surface area contributed by atoms with Crippen LogP contribution in [0.25, 0.3) is 0 Å². The fourth-order valence-electron chi connectivity index (χ4n) is 1.83. The van der Waals surface area contributed by atoms with Crippen LogP contribution in [0.3, 0.4) is 0 Å². The number of amides is 1. The van der Waals surface area contributed by atoms with Gasteiger partial charge in [0.05, 0.1) is 26.7 Å². The first-order valence-corrected chi connectivity index (χ1v) is 8.34. The van der Waals surface area contributed by atoms with Crippen molar-refractivity contribution < 1.29 is 17.8 Å². The van der Waals surface area contributed by atoms with Crippen LogP contribution >= 0.6 is 0 Å². The van der Waals surface area contributed by atoms with E-state index in [0.717, 1.165) is 4.31 Å². The van der Waals surface area contributed by atoms with Gasteiger partial charge in [-0.2, -0.15) is 0 Å². The lowest BCUT2D eigenvalue weighted by Gasteiger charge is -2.37. The van der Waals surface area contributed by atoms with E-state index in [2.05, 4.69) is 18.5 Å². The molecule has 0 spiro atoms. The summed E-state index contributed by atoms with van der Waals surface area (Å²) >= 11 is -2.51. The van der Waals surface area contributed by atoms with Crippen molar-refractivity contribution in [1.29, 1.82) is 0 Å². The highest BCUT2D eigenvalue weighted by Gasteiger charge is 2.33. The summed E-state index contributed by atoms with van der Waals surface area (Å²) in [5, 5.41) is 2.03. The van der Waals surface area contributed by atoms with Crippen LogP contribution in [0.4, 0.5) is 0 Å². The van der Waals surface area contributed by atoms with Crippen molar-refractivity contribution in [2.45, 2.75) is 12.2 Å². The molecular weight excluding hydrogens is 312 g/mol. The summed E-state index contributed by atoms with van der Waals surface area (Å²) in [4.78, 5) is 11.3. The number of rotatable bonds is 5. The SMILES string of the molecule is C=CC=C1/C(=C\C=C)S(=O)[C@@H](CNC(C)=O)CN1S(=O)[O-]. The fraction of sp³-hybridized carbons (Fsp3) is 0.308. The lowest BCUT2D eigenvalue weighted by molar-refractivity contribution is -0.118. The van der Waals surface area contributed by atoms with Crippen molar-refractivity contribution in [3.63, 3.8) is 0 Å². The van der Waals surface area contributed by atoms with Crippen LogP contribution in [0.5, 0.6) is 0 Å². The third kappa shape index (κ3) is 4.48. The Balaban J connectivity index is 3.19. The van der Waals surface area contributed by atoms with E-state index in [-0.39, 0.29) is 19.0 Å². The maximum absolute atomic E-state index is 12.5. The summed E-state index contributed by atoms with van der Waals surface area (Å²) < 4.78 is 36.4. The highest BCUT2D eigenvalue weighted by Crippen LogP contribution is 2.29. The first-order valence-electron chi connectivity index (χ1n) is 6.10. The van der Waals surface area contributed by atoms with E-state index < -0.39 is 27.3 Å². The molecule has 0 aromatic rings. The first-order chi connectivity index (χ1) is 9.92. The molecule has 0 radical (unpaired) electrons. The van der Waals surface area contributed by atoms with Gasteiger partial charge in [-0.3, -0.25) is 13.2 Å². The van der Waals surface area contributed by atoms with Crippen LogP contribution in [-0.4, -0.2) is 41.5 Å². The number of allylic oxidation sites excluding steroid dienone is 4. The van der Waals surface area contributed by atoms with Gasteiger partial charge < -0.3 is 14.2 Å². The Bertz CT molecular complexity index is 554. The molecule has 1 N–H and O–H groups in total. The molecule has 8 heteroatoms. The van der Waals surface area contributed by atoms with Gasteiger partial charge in [0.25, 0.3) is 0 Å². The normalized spacial score (nSPS) is 27.4. The van der Waals surface area contributed by atoms with E-state index in [1.807, 2.05) is 0 Å². The first kappa shape index (κ1) is 17.5. The van der Waals surface area contributed by atoms with Crippen LogP contribution in [-0.2, 0) is 26.9 Å². The Hall–Kier alpha value is -1.51. The molecule has 0 aromatic heterocycles. The van der Waals surface area contributed by atoms with Gasteiger partial charge in [0.1, 0.15) is 0 Å². The average Bonchev–Trinajstić information content (AvgIpc) is 2.41. The zero-order valence-electron chi connectivity index (χ0n) is 11.6. The van der Waals surface area contributed by atoms with Crippen molar-refractivity contribution in [2.24, 2.45) is 0 Å². The van der Waals surface area contributed by atoms with Crippen LogP contribution in [0.2, 0.25) is 0 Å². The van der Waals surface area contributed by atoms with Gasteiger partial charge >= 0.3 is 0 Å². The summed E-state index contributed by atoms with van der Waals surface area (Å²) in [5.74, 6) is -0.261. The number of hydrogen-bond acceptors (Lipinski definition) is 4. The lowest BCUT2D eigenvalue weighted by Crippen LogP contribution is -2.47.